The van der Waals surface area contributed by atoms with Crippen LogP contribution in [0.4, 0.5) is 0 Å². The smallest absolute Gasteiger partial charge is 0.311 e. The number of hydrogen-bond acceptors (Lipinski definition) is 13. The lowest BCUT2D eigenvalue weighted by Gasteiger charge is -2.53. The summed E-state index contributed by atoms with van der Waals surface area (Å²) >= 11 is 0. The van der Waals surface area contributed by atoms with Crippen molar-refractivity contribution >= 4 is 5.97 Å². The van der Waals surface area contributed by atoms with Gasteiger partial charge >= 0.3 is 5.97 Å². The molecule has 16 atom stereocenters. The van der Waals surface area contributed by atoms with E-state index in [0.29, 0.717) is 19.4 Å². The normalized spacial score (nSPS) is 47.2. The van der Waals surface area contributed by atoms with Crippen molar-refractivity contribution < 1.29 is 48.5 Å². The third kappa shape index (κ3) is 9.96. The van der Waals surface area contributed by atoms with Crippen LogP contribution in [0.15, 0.2) is 0 Å². The van der Waals surface area contributed by atoms with Crippen molar-refractivity contribution in [3.05, 3.63) is 0 Å². The van der Waals surface area contributed by atoms with Gasteiger partial charge in [0.05, 0.1) is 35.9 Å². The number of likely N-dealkylation sites (N-methyl/N-ethyl adjacent to an activating group) is 1. The molecule has 3 heterocycles. The van der Waals surface area contributed by atoms with Crippen LogP contribution in [0, 0.1) is 17.8 Å². The zero-order chi connectivity index (χ0) is 37.8. The van der Waals surface area contributed by atoms with Crippen LogP contribution in [-0.2, 0) is 33.2 Å². The summed E-state index contributed by atoms with van der Waals surface area (Å²) < 4.78 is 38.1. The molecule has 15 unspecified atom stereocenters. The summed E-state index contributed by atoms with van der Waals surface area (Å²) in [6, 6.07) is -0.359. The molecule has 0 saturated carbocycles. The molecule has 0 aromatic carbocycles. The predicted octanol–water partition coefficient (Wildman–Crippen LogP) is 2.43. The summed E-state index contributed by atoms with van der Waals surface area (Å²) in [6.07, 6.45) is -3.99. The van der Waals surface area contributed by atoms with E-state index in [0.717, 1.165) is 13.0 Å². The lowest BCUT2D eigenvalue weighted by Crippen LogP contribution is -2.70. The highest BCUT2D eigenvalue weighted by atomic mass is 16.7. The van der Waals surface area contributed by atoms with E-state index in [4.69, 9.17) is 28.4 Å². The molecule has 0 spiro atoms. The fraction of sp³-hybridized carbons (Fsp3) is 0.973. The van der Waals surface area contributed by atoms with Crippen LogP contribution in [0.2, 0.25) is 0 Å². The Kier molecular flexibility index (Phi) is 15.6. The number of carbonyl (C=O) groups excluding carboxylic acids is 1. The maximum Gasteiger partial charge on any atom is 0.311 e. The summed E-state index contributed by atoms with van der Waals surface area (Å²) in [5, 5.41) is 42.5. The molecule has 5 N–H and O–H groups in total. The Bertz CT molecular complexity index is 1070. The van der Waals surface area contributed by atoms with Crippen molar-refractivity contribution in [3.63, 3.8) is 0 Å². The largest absolute Gasteiger partial charge is 0.461 e. The molecular weight excluding hydrogens is 646 g/mol. The zero-order valence-corrected chi connectivity index (χ0v) is 33.1. The molecule has 294 valence electrons. The molecule has 0 amide bonds. The highest BCUT2D eigenvalue weighted by Gasteiger charge is 2.58. The molecule has 3 aliphatic heterocycles. The molecule has 3 aliphatic rings. The van der Waals surface area contributed by atoms with Gasteiger partial charge in [0.2, 0.25) is 0 Å². The van der Waals surface area contributed by atoms with Gasteiger partial charge in [0.15, 0.2) is 12.6 Å². The van der Waals surface area contributed by atoms with Crippen LogP contribution >= 0.6 is 0 Å². The number of methoxy groups -OCH3 is 1. The summed E-state index contributed by atoms with van der Waals surface area (Å²) in [5.41, 5.74) is -3.86. The van der Waals surface area contributed by atoms with E-state index in [-0.39, 0.29) is 37.1 Å². The molecule has 0 aromatic heterocycles. The number of aliphatic hydroxyl groups excluding tert-OH is 1. The van der Waals surface area contributed by atoms with Gasteiger partial charge in [0.25, 0.3) is 0 Å². The number of carbonyl (C=O) groups is 1. The molecule has 3 rings (SSSR count). The minimum Gasteiger partial charge on any atom is -0.461 e. The van der Waals surface area contributed by atoms with Crippen LogP contribution in [-0.4, -0.2) is 145 Å². The van der Waals surface area contributed by atoms with Crippen molar-refractivity contribution in [3.8, 4) is 0 Å². The van der Waals surface area contributed by atoms with Crippen molar-refractivity contribution in [2.45, 2.75) is 173 Å². The van der Waals surface area contributed by atoms with Crippen LogP contribution in [0.3, 0.4) is 0 Å². The third-order valence-electron chi connectivity index (χ3n) is 11.7. The zero-order valence-electron chi connectivity index (χ0n) is 33.1. The minimum atomic E-state index is -1.43. The second-order valence-corrected chi connectivity index (χ2v) is 16.3. The van der Waals surface area contributed by atoms with Gasteiger partial charge in [-0.15, -0.1) is 0 Å². The molecular formula is C37H71N3O10. The van der Waals surface area contributed by atoms with Gasteiger partial charge in [-0.1, -0.05) is 20.8 Å². The number of ether oxygens (including phenoxy) is 6. The molecule has 0 radical (unpaired) electrons. The average molecular weight is 718 g/mol. The number of cyclic esters (lactones) is 1. The Hall–Kier alpha value is -0.970. The first-order chi connectivity index (χ1) is 23.2. The lowest BCUT2D eigenvalue weighted by atomic mass is 9.75. The molecule has 3 saturated heterocycles. The van der Waals surface area contributed by atoms with Gasteiger partial charge < -0.3 is 59.3 Å². The van der Waals surface area contributed by atoms with Gasteiger partial charge in [0, 0.05) is 38.1 Å². The van der Waals surface area contributed by atoms with Crippen LogP contribution in [0.25, 0.3) is 0 Å². The summed E-state index contributed by atoms with van der Waals surface area (Å²) in [4.78, 5) is 15.8. The monoisotopic (exact) mass is 718 g/mol. The van der Waals surface area contributed by atoms with Gasteiger partial charge in [-0.3, -0.25) is 4.79 Å². The van der Waals surface area contributed by atoms with Gasteiger partial charge in [-0.25, -0.2) is 0 Å². The third-order valence-corrected chi connectivity index (χ3v) is 11.7. The van der Waals surface area contributed by atoms with Crippen molar-refractivity contribution in [2.75, 3.05) is 40.8 Å². The van der Waals surface area contributed by atoms with E-state index < -0.39 is 77.7 Å². The van der Waals surface area contributed by atoms with Gasteiger partial charge in [-0.05, 0) is 101 Å². The maximum absolute atomic E-state index is 13.9. The number of rotatable bonds is 10. The van der Waals surface area contributed by atoms with Gasteiger partial charge in [0.1, 0.15) is 23.4 Å². The molecule has 0 bridgehead atoms. The lowest BCUT2D eigenvalue weighted by molar-refractivity contribution is -0.336. The first-order valence-electron chi connectivity index (χ1n) is 18.8. The number of aliphatic hydroxyl groups is 3. The second-order valence-electron chi connectivity index (χ2n) is 16.3. The van der Waals surface area contributed by atoms with E-state index in [1.165, 1.54) is 0 Å². The molecule has 13 nitrogen and oxygen atoms in total. The van der Waals surface area contributed by atoms with E-state index in [9.17, 15) is 20.1 Å². The Morgan fingerprint density at radius 3 is 2.28 bits per heavy atom. The van der Waals surface area contributed by atoms with Crippen LogP contribution < -0.4 is 10.6 Å². The molecule has 13 heteroatoms. The van der Waals surface area contributed by atoms with Crippen molar-refractivity contribution in [1.82, 2.24) is 15.5 Å². The summed E-state index contributed by atoms with van der Waals surface area (Å²) in [5.74, 6) is -1.89. The summed E-state index contributed by atoms with van der Waals surface area (Å²) in [7, 11) is 5.39. The Labute approximate surface area is 301 Å². The Morgan fingerprint density at radius 1 is 1.02 bits per heavy atom. The minimum absolute atomic E-state index is 0.0146. The first kappa shape index (κ1) is 43.4. The highest BCUT2D eigenvalue weighted by molar-refractivity contribution is 5.73. The number of hydrogen-bond donors (Lipinski definition) is 5. The molecule has 0 aromatic rings. The van der Waals surface area contributed by atoms with E-state index >= 15 is 0 Å². The SMILES string of the molecule is CCCNCC1(O)C(C)OC(OC2C(C)C(=O)O[C@H](C)C(C)NCC(C)CC(C)(O)C(OC3OC(C)CC(N(C)C)C3O)C2C)CC1(C)OC. The second kappa shape index (κ2) is 17.9. The molecule has 3 fully saturated rings. The van der Waals surface area contributed by atoms with Crippen LogP contribution in [0.1, 0.15) is 94.9 Å². The molecule has 0 aliphatic carbocycles. The topological polar surface area (TPSA) is 160 Å². The number of esters is 1. The van der Waals surface area contributed by atoms with Crippen molar-refractivity contribution in [1.29, 1.82) is 0 Å². The molecule has 50 heavy (non-hydrogen) atoms. The predicted molar refractivity (Wildman–Crippen MR) is 190 cm³/mol. The van der Waals surface area contributed by atoms with Crippen molar-refractivity contribution in [2.24, 2.45) is 17.8 Å². The standard InChI is InChI=1S/C37H71N3O10/c1-14-15-38-20-37(44)27(8)48-29(18-36(37,10)45-13)49-31-23(4)32(50-34-30(41)28(40(11)12)16-22(3)46-34)35(9,43)17-21(2)19-39-25(6)26(7)47-33(42)24(31)5/h21-32,34,38-39,41,43-44H,14-20H2,1-13H3/t21?,22?,23?,24?,25?,26-,27?,28?,29?,30?,31?,32?,34?,35?,36?,37?/m1/s1. The van der Waals surface area contributed by atoms with E-state index in [1.807, 2.05) is 53.6 Å². The summed E-state index contributed by atoms with van der Waals surface area (Å²) in [6.45, 7) is 20.5. The maximum atomic E-state index is 13.9. The van der Waals surface area contributed by atoms with E-state index in [2.05, 4.69) is 24.5 Å². The Balaban J connectivity index is 2.06. The first-order valence-corrected chi connectivity index (χ1v) is 18.8. The average Bonchev–Trinajstić information content (AvgIpc) is 3.03. The van der Waals surface area contributed by atoms with E-state index in [1.54, 1.807) is 27.9 Å². The number of nitrogens with one attached hydrogen (secondary N) is 2. The number of nitrogens with zero attached hydrogens (tertiary/aromatic N) is 1. The van der Waals surface area contributed by atoms with Crippen LogP contribution in [0.5, 0.6) is 0 Å². The Morgan fingerprint density at radius 2 is 1.68 bits per heavy atom. The van der Waals surface area contributed by atoms with Gasteiger partial charge in [-0.2, -0.15) is 0 Å². The highest BCUT2D eigenvalue weighted by Crippen LogP contribution is 2.43. The quantitative estimate of drug-likeness (QED) is 0.166. The fourth-order valence-corrected chi connectivity index (χ4v) is 8.09. The fourth-order valence-electron chi connectivity index (χ4n) is 8.09.